The Bertz CT molecular complexity index is 821. The Kier molecular flexibility index (Phi) is 5.68. The zero-order valence-corrected chi connectivity index (χ0v) is 17.1. The van der Waals surface area contributed by atoms with Crippen molar-refractivity contribution in [2.24, 2.45) is 5.73 Å². The van der Waals surface area contributed by atoms with Crippen LogP contribution < -0.4 is 10.6 Å². The van der Waals surface area contributed by atoms with Gasteiger partial charge < -0.3 is 15.6 Å². The van der Waals surface area contributed by atoms with Crippen molar-refractivity contribution in [1.82, 2.24) is 9.88 Å². The van der Waals surface area contributed by atoms with Crippen LogP contribution in [-0.2, 0) is 0 Å². The second-order valence-corrected chi connectivity index (χ2v) is 7.88. The van der Waals surface area contributed by atoms with Gasteiger partial charge in [-0.1, -0.05) is 13.0 Å². The van der Waals surface area contributed by atoms with E-state index >= 15 is 0 Å². The van der Waals surface area contributed by atoms with Crippen molar-refractivity contribution < 1.29 is 0 Å². The van der Waals surface area contributed by atoms with Gasteiger partial charge in [0.1, 0.15) is 0 Å². The predicted molar refractivity (Wildman–Crippen MR) is 117 cm³/mol. The van der Waals surface area contributed by atoms with Gasteiger partial charge in [-0.25, -0.2) is 0 Å². The van der Waals surface area contributed by atoms with Crippen molar-refractivity contribution in [2.45, 2.75) is 52.6 Å². The van der Waals surface area contributed by atoms with Gasteiger partial charge >= 0.3 is 0 Å². The zero-order chi connectivity index (χ0) is 18.8. The molecule has 26 heavy (non-hydrogen) atoms. The number of nitrogens with one attached hydrogen (secondary N) is 1. The highest BCUT2D eigenvalue weighted by molar-refractivity contribution is 7.80. The maximum Gasteiger partial charge on any atom is 0.171 e. The van der Waals surface area contributed by atoms with Crippen LogP contribution in [0.25, 0.3) is 16.5 Å². The number of aromatic nitrogens is 1. The number of hydrogen-bond acceptors (Lipinski definition) is 2. The summed E-state index contributed by atoms with van der Waals surface area (Å²) in [5.41, 5.74) is 10.9. The first-order valence-corrected chi connectivity index (χ1v) is 9.96. The minimum Gasteiger partial charge on any atom is -0.376 e. The van der Waals surface area contributed by atoms with E-state index in [1.54, 1.807) is 0 Å². The van der Waals surface area contributed by atoms with Crippen LogP contribution in [0.5, 0.6) is 0 Å². The third-order valence-electron chi connectivity index (χ3n) is 5.50. The van der Waals surface area contributed by atoms with Crippen LogP contribution in [0.4, 0.5) is 5.69 Å². The molecule has 0 bridgehead atoms. The smallest absolute Gasteiger partial charge is 0.171 e. The van der Waals surface area contributed by atoms with E-state index in [9.17, 15) is 0 Å². The van der Waals surface area contributed by atoms with Crippen LogP contribution >= 0.6 is 12.2 Å². The zero-order valence-electron chi connectivity index (χ0n) is 16.2. The number of aromatic amines is 1. The van der Waals surface area contributed by atoms with Crippen molar-refractivity contribution in [3.63, 3.8) is 0 Å². The molecule has 2 aromatic rings. The third kappa shape index (κ3) is 3.64. The van der Waals surface area contributed by atoms with E-state index in [4.69, 9.17) is 18.0 Å². The standard InChI is InChI=1S/C21H30N4S/c1-5-15(4)24-10-8-16(9-11-24)19-13-23-20-7-6-17(12-18(19)20)25(14(2)3)21(22)26/h6-8,12-15,23H,5,9-11H2,1-4H3,(H2,22,26). The average molecular weight is 371 g/mol. The van der Waals surface area contributed by atoms with Gasteiger partial charge in [0, 0.05) is 53.5 Å². The molecule has 1 atom stereocenters. The topological polar surface area (TPSA) is 48.3 Å². The monoisotopic (exact) mass is 370 g/mol. The molecule has 3 N–H and O–H groups in total. The Balaban J connectivity index is 1.94. The molecule has 0 saturated heterocycles. The number of anilines is 1. The molecule has 1 aliphatic rings. The van der Waals surface area contributed by atoms with Crippen LogP contribution in [0, 0.1) is 0 Å². The number of rotatable bonds is 5. The number of fused-ring (bicyclic) bond motifs is 1. The van der Waals surface area contributed by atoms with E-state index in [-0.39, 0.29) is 6.04 Å². The Morgan fingerprint density at radius 1 is 1.35 bits per heavy atom. The summed E-state index contributed by atoms with van der Waals surface area (Å²) in [4.78, 5) is 7.98. The third-order valence-corrected chi connectivity index (χ3v) is 5.69. The lowest BCUT2D eigenvalue weighted by atomic mass is 9.97. The summed E-state index contributed by atoms with van der Waals surface area (Å²) in [5.74, 6) is 0. The number of benzene rings is 1. The molecule has 0 spiro atoms. The molecule has 4 nitrogen and oxygen atoms in total. The Morgan fingerprint density at radius 2 is 2.12 bits per heavy atom. The normalized spacial score (nSPS) is 16.7. The summed E-state index contributed by atoms with van der Waals surface area (Å²) in [6.45, 7) is 10.9. The van der Waals surface area contributed by atoms with Crippen molar-refractivity contribution in [3.05, 3.63) is 36.0 Å². The number of hydrogen-bond donors (Lipinski definition) is 2. The van der Waals surface area contributed by atoms with Gasteiger partial charge in [-0.15, -0.1) is 0 Å². The van der Waals surface area contributed by atoms with Gasteiger partial charge in [-0.3, -0.25) is 4.90 Å². The molecule has 0 radical (unpaired) electrons. The van der Waals surface area contributed by atoms with Gasteiger partial charge in [0.2, 0.25) is 0 Å². The molecule has 1 unspecified atom stereocenters. The fraction of sp³-hybridized carbons (Fsp3) is 0.476. The number of thiocarbonyl (C=S) groups is 1. The summed E-state index contributed by atoms with van der Waals surface area (Å²) in [5, 5.41) is 1.66. The fourth-order valence-corrected chi connectivity index (χ4v) is 4.11. The Morgan fingerprint density at radius 3 is 2.69 bits per heavy atom. The molecule has 5 heteroatoms. The van der Waals surface area contributed by atoms with Gasteiger partial charge in [-0.05, 0) is 69.6 Å². The van der Waals surface area contributed by atoms with Crippen LogP contribution in [0.15, 0.2) is 30.5 Å². The largest absolute Gasteiger partial charge is 0.376 e. The number of H-pyrrole nitrogens is 1. The van der Waals surface area contributed by atoms with E-state index in [0.29, 0.717) is 11.2 Å². The molecule has 1 aromatic heterocycles. The van der Waals surface area contributed by atoms with E-state index in [2.05, 4.69) is 68.1 Å². The van der Waals surface area contributed by atoms with Gasteiger partial charge in [0.05, 0.1) is 0 Å². The Labute approximate surface area is 162 Å². The molecule has 0 saturated carbocycles. The molecule has 140 valence electrons. The first-order valence-electron chi connectivity index (χ1n) is 9.55. The lowest BCUT2D eigenvalue weighted by molar-refractivity contribution is 0.225. The number of nitrogens with two attached hydrogens (primary N) is 1. The molecule has 0 fully saturated rings. The van der Waals surface area contributed by atoms with Crippen LogP contribution in [0.1, 0.15) is 46.1 Å². The summed E-state index contributed by atoms with van der Waals surface area (Å²) < 4.78 is 0. The molecule has 3 rings (SSSR count). The fourth-order valence-electron chi connectivity index (χ4n) is 3.79. The molecule has 1 aromatic carbocycles. The van der Waals surface area contributed by atoms with Crippen molar-refractivity contribution in [2.75, 3.05) is 18.0 Å². The van der Waals surface area contributed by atoms with Gasteiger partial charge in [0.15, 0.2) is 5.11 Å². The summed E-state index contributed by atoms with van der Waals surface area (Å²) in [6, 6.07) is 7.29. The maximum atomic E-state index is 5.96. The van der Waals surface area contributed by atoms with E-state index in [0.717, 1.165) is 30.7 Å². The average Bonchev–Trinajstić information content (AvgIpc) is 3.04. The van der Waals surface area contributed by atoms with Crippen molar-refractivity contribution in [3.8, 4) is 0 Å². The molecule has 0 aliphatic carbocycles. The second-order valence-electron chi connectivity index (χ2n) is 7.47. The van der Waals surface area contributed by atoms with E-state index in [1.165, 1.54) is 22.9 Å². The van der Waals surface area contributed by atoms with Crippen molar-refractivity contribution >= 4 is 39.5 Å². The van der Waals surface area contributed by atoms with Crippen LogP contribution in [0.2, 0.25) is 0 Å². The molecule has 1 aliphatic heterocycles. The summed E-state index contributed by atoms with van der Waals surface area (Å²) in [7, 11) is 0. The molecular weight excluding hydrogens is 340 g/mol. The van der Waals surface area contributed by atoms with Gasteiger partial charge in [0.25, 0.3) is 0 Å². The molecule has 2 heterocycles. The van der Waals surface area contributed by atoms with Crippen LogP contribution in [-0.4, -0.2) is 40.2 Å². The quantitative estimate of drug-likeness (QED) is 0.760. The van der Waals surface area contributed by atoms with Crippen LogP contribution in [0.3, 0.4) is 0 Å². The molecular formula is C21H30N4S. The van der Waals surface area contributed by atoms with E-state index in [1.807, 2.05) is 4.90 Å². The minimum atomic E-state index is 0.227. The van der Waals surface area contributed by atoms with Gasteiger partial charge in [-0.2, -0.15) is 0 Å². The highest BCUT2D eigenvalue weighted by Crippen LogP contribution is 2.32. The maximum absolute atomic E-state index is 5.96. The summed E-state index contributed by atoms with van der Waals surface area (Å²) >= 11 is 5.26. The highest BCUT2D eigenvalue weighted by Gasteiger charge is 2.20. The Hall–Kier alpha value is -1.85. The lowest BCUT2D eigenvalue weighted by Crippen LogP contribution is -2.40. The first kappa shape index (κ1) is 18.9. The number of nitrogens with zero attached hydrogens (tertiary/aromatic N) is 2. The highest BCUT2D eigenvalue weighted by atomic mass is 32.1. The predicted octanol–water partition coefficient (Wildman–Crippen LogP) is 4.51. The first-order chi connectivity index (χ1) is 12.4. The lowest BCUT2D eigenvalue weighted by Gasteiger charge is -2.31. The van der Waals surface area contributed by atoms with Crippen molar-refractivity contribution in [1.29, 1.82) is 0 Å². The second kappa shape index (κ2) is 7.80. The van der Waals surface area contributed by atoms with E-state index < -0.39 is 0 Å². The SMILES string of the molecule is CCC(C)N1CC=C(c2c[nH]c3ccc(N(C(N)=S)C(C)C)cc23)CC1. The molecule has 0 amide bonds. The minimum absolute atomic E-state index is 0.227. The summed E-state index contributed by atoms with van der Waals surface area (Å²) in [6.07, 6.45) is 6.81.